The Morgan fingerprint density at radius 3 is 2.55 bits per heavy atom. The first-order valence-corrected chi connectivity index (χ1v) is 7.41. The normalized spacial score (nSPS) is 12.8. The summed E-state index contributed by atoms with van der Waals surface area (Å²) in [5.74, 6) is 1.43. The Kier molecular flexibility index (Phi) is 5.36. The first kappa shape index (κ1) is 14.8. The zero-order valence-electron chi connectivity index (χ0n) is 12.7. The van der Waals surface area contributed by atoms with Gasteiger partial charge < -0.3 is 5.32 Å². The van der Waals surface area contributed by atoms with E-state index in [9.17, 15) is 0 Å². The fourth-order valence-electron chi connectivity index (χ4n) is 2.03. The topological polar surface area (TPSA) is 29.9 Å². The fraction of sp³-hybridized carbons (Fsp3) is 0.471. The van der Waals surface area contributed by atoms with Crippen molar-refractivity contribution in [3.05, 3.63) is 53.9 Å². The SMILES string of the molecule is CC(C)C(C)CNCc1cnn(Cc2ccccc2)c1. The average Bonchev–Trinajstić information content (AvgIpc) is 2.87. The third kappa shape index (κ3) is 4.49. The highest BCUT2D eigenvalue weighted by atomic mass is 15.3. The molecule has 0 saturated carbocycles. The van der Waals surface area contributed by atoms with E-state index in [-0.39, 0.29) is 0 Å². The van der Waals surface area contributed by atoms with Crippen molar-refractivity contribution >= 4 is 0 Å². The van der Waals surface area contributed by atoms with Crippen molar-refractivity contribution < 1.29 is 0 Å². The molecule has 1 heterocycles. The lowest BCUT2D eigenvalue weighted by Gasteiger charge is -2.15. The van der Waals surface area contributed by atoms with E-state index in [0.717, 1.165) is 25.6 Å². The Bertz CT molecular complexity index is 502. The Balaban J connectivity index is 1.80. The zero-order chi connectivity index (χ0) is 14.4. The molecule has 0 aliphatic heterocycles. The summed E-state index contributed by atoms with van der Waals surface area (Å²) < 4.78 is 2.00. The molecule has 3 heteroatoms. The molecule has 1 unspecified atom stereocenters. The maximum absolute atomic E-state index is 4.42. The molecule has 2 aromatic rings. The lowest BCUT2D eigenvalue weighted by molar-refractivity contribution is 0.392. The minimum Gasteiger partial charge on any atom is -0.312 e. The summed E-state index contributed by atoms with van der Waals surface area (Å²) in [5.41, 5.74) is 2.53. The van der Waals surface area contributed by atoms with Crippen LogP contribution in [0.5, 0.6) is 0 Å². The number of nitrogens with one attached hydrogen (secondary N) is 1. The highest BCUT2D eigenvalue weighted by molar-refractivity contribution is 5.15. The molecule has 0 saturated heterocycles. The maximum atomic E-state index is 4.42. The van der Waals surface area contributed by atoms with E-state index in [1.54, 1.807) is 0 Å². The van der Waals surface area contributed by atoms with Crippen LogP contribution in [0.2, 0.25) is 0 Å². The van der Waals surface area contributed by atoms with Crippen LogP contribution in [0.4, 0.5) is 0 Å². The number of hydrogen-bond acceptors (Lipinski definition) is 2. The van der Waals surface area contributed by atoms with Gasteiger partial charge in [0.05, 0.1) is 12.7 Å². The van der Waals surface area contributed by atoms with Gasteiger partial charge in [-0.05, 0) is 23.9 Å². The quantitative estimate of drug-likeness (QED) is 0.837. The molecule has 108 valence electrons. The summed E-state index contributed by atoms with van der Waals surface area (Å²) in [6.45, 7) is 9.61. The van der Waals surface area contributed by atoms with Crippen LogP contribution in [0.15, 0.2) is 42.7 Å². The van der Waals surface area contributed by atoms with Gasteiger partial charge in [0.2, 0.25) is 0 Å². The van der Waals surface area contributed by atoms with Gasteiger partial charge in [0.1, 0.15) is 0 Å². The second-order valence-electron chi connectivity index (χ2n) is 5.88. The first-order chi connectivity index (χ1) is 9.65. The van der Waals surface area contributed by atoms with Crippen molar-refractivity contribution in [1.82, 2.24) is 15.1 Å². The monoisotopic (exact) mass is 271 g/mol. The standard InChI is InChI=1S/C17H25N3/c1-14(2)15(3)9-18-10-17-11-19-20(13-17)12-16-7-5-4-6-8-16/h4-8,11,13-15,18H,9-10,12H2,1-3H3. The number of nitrogens with zero attached hydrogens (tertiary/aromatic N) is 2. The molecule has 0 aliphatic carbocycles. The third-order valence-corrected chi connectivity index (χ3v) is 3.81. The summed E-state index contributed by atoms with van der Waals surface area (Å²) in [6, 6.07) is 10.4. The Hall–Kier alpha value is -1.61. The van der Waals surface area contributed by atoms with E-state index in [1.807, 2.05) is 16.9 Å². The summed E-state index contributed by atoms with van der Waals surface area (Å²) in [4.78, 5) is 0. The molecule has 20 heavy (non-hydrogen) atoms. The predicted molar refractivity (Wildman–Crippen MR) is 83.5 cm³/mol. The van der Waals surface area contributed by atoms with Gasteiger partial charge in [-0.25, -0.2) is 0 Å². The molecular formula is C17H25N3. The minimum absolute atomic E-state index is 0.703. The van der Waals surface area contributed by atoms with E-state index in [2.05, 4.69) is 61.6 Å². The molecule has 3 nitrogen and oxygen atoms in total. The number of hydrogen-bond donors (Lipinski definition) is 1. The van der Waals surface area contributed by atoms with Gasteiger partial charge in [-0.2, -0.15) is 5.10 Å². The van der Waals surface area contributed by atoms with Crippen molar-refractivity contribution in [2.75, 3.05) is 6.54 Å². The van der Waals surface area contributed by atoms with E-state index < -0.39 is 0 Å². The van der Waals surface area contributed by atoms with E-state index in [1.165, 1.54) is 11.1 Å². The average molecular weight is 271 g/mol. The zero-order valence-corrected chi connectivity index (χ0v) is 12.7. The molecule has 2 rings (SSSR count). The molecule has 1 aromatic heterocycles. The summed E-state index contributed by atoms with van der Waals surface area (Å²) in [5, 5.41) is 7.93. The highest BCUT2D eigenvalue weighted by Crippen LogP contribution is 2.08. The Morgan fingerprint density at radius 1 is 1.10 bits per heavy atom. The highest BCUT2D eigenvalue weighted by Gasteiger charge is 2.06. The van der Waals surface area contributed by atoms with Gasteiger partial charge in [-0.15, -0.1) is 0 Å². The van der Waals surface area contributed by atoms with Crippen LogP contribution in [-0.4, -0.2) is 16.3 Å². The molecule has 0 bridgehead atoms. The van der Waals surface area contributed by atoms with Gasteiger partial charge in [0, 0.05) is 18.3 Å². The van der Waals surface area contributed by atoms with Gasteiger partial charge >= 0.3 is 0 Å². The second kappa shape index (κ2) is 7.25. The molecule has 1 aromatic carbocycles. The molecule has 0 fully saturated rings. The fourth-order valence-corrected chi connectivity index (χ4v) is 2.03. The van der Waals surface area contributed by atoms with Crippen LogP contribution in [-0.2, 0) is 13.1 Å². The Labute approximate surface area is 122 Å². The third-order valence-electron chi connectivity index (χ3n) is 3.81. The second-order valence-corrected chi connectivity index (χ2v) is 5.88. The number of rotatable bonds is 7. The first-order valence-electron chi connectivity index (χ1n) is 7.41. The number of benzene rings is 1. The summed E-state index contributed by atoms with van der Waals surface area (Å²) in [6.07, 6.45) is 4.08. The van der Waals surface area contributed by atoms with Gasteiger partial charge in [-0.3, -0.25) is 4.68 Å². The number of aromatic nitrogens is 2. The van der Waals surface area contributed by atoms with Crippen LogP contribution in [0, 0.1) is 11.8 Å². The van der Waals surface area contributed by atoms with Crippen LogP contribution >= 0.6 is 0 Å². The smallest absolute Gasteiger partial charge is 0.0659 e. The van der Waals surface area contributed by atoms with Crippen molar-refractivity contribution in [2.45, 2.75) is 33.9 Å². The Morgan fingerprint density at radius 2 is 1.85 bits per heavy atom. The van der Waals surface area contributed by atoms with Crippen molar-refractivity contribution in [3.8, 4) is 0 Å². The van der Waals surface area contributed by atoms with E-state index in [0.29, 0.717) is 5.92 Å². The molecular weight excluding hydrogens is 246 g/mol. The summed E-state index contributed by atoms with van der Waals surface area (Å²) >= 11 is 0. The predicted octanol–water partition coefficient (Wildman–Crippen LogP) is 3.31. The van der Waals surface area contributed by atoms with Gasteiger partial charge in [-0.1, -0.05) is 51.1 Å². The maximum Gasteiger partial charge on any atom is 0.0659 e. The lowest BCUT2D eigenvalue weighted by Crippen LogP contribution is -2.23. The van der Waals surface area contributed by atoms with Gasteiger partial charge in [0.15, 0.2) is 0 Å². The van der Waals surface area contributed by atoms with E-state index in [4.69, 9.17) is 0 Å². The lowest BCUT2D eigenvalue weighted by atomic mass is 9.98. The van der Waals surface area contributed by atoms with Crippen molar-refractivity contribution in [3.63, 3.8) is 0 Å². The minimum atomic E-state index is 0.703. The molecule has 1 atom stereocenters. The largest absolute Gasteiger partial charge is 0.312 e. The van der Waals surface area contributed by atoms with Crippen LogP contribution < -0.4 is 5.32 Å². The molecule has 0 aliphatic rings. The van der Waals surface area contributed by atoms with Crippen LogP contribution in [0.25, 0.3) is 0 Å². The molecule has 0 radical (unpaired) electrons. The van der Waals surface area contributed by atoms with Gasteiger partial charge in [0.25, 0.3) is 0 Å². The summed E-state index contributed by atoms with van der Waals surface area (Å²) in [7, 11) is 0. The van der Waals surface area contributed by atoms with Crippen molar-refractivity contribution in [1.29, 1.82) is 0 Å². The van der Waals surface area contributed by atoms with Crippen LogP contribution in [0.3, 0.4) is 0 Å². The molecule has 0 amide bonds. The van der Waals surface area contributed by atoms with Crippen LogP contribution in [0.1, 0.15) is 31.9 Å². The van der Waals surface area contributed by atoms with E-state index >= 15 is 0 Å². The molecule has 1 N–H and O–H groups in total. The molecule has 0 spiro atoms. The van der Waals surface area contributed by atoms with Crippen molar-refractivity contribution in [2.24, 2.45) is 11.8 Å².